The highest BCUT2D eigenvalue weighted by molar-refractivity contribution is 5.93. The summed E-state index contributed by atoms with van der Waals surface area (Å²) in [7, 11) is 7.22. The Hall–Kier alpha value is -4.87. The average Bonchev–Trinajstić information content (AvgIpc) is 3.58. The number of esters is 1. The minimum Gasteiger partial charge on any atom is -1.00 e. The lowest BCUT2D eigenvalue weighted by molar-refractivity contribution is -0.904. The van der Waals surface area contributed by atoms with Crippen molar-refractivity contribution in [2.75, 3.05) is 32.6 Å². The molecule has 1 aliphatic heterocycles. The van der Waals surface area contributed by atoms with Crippen molar-refractivity contribution in [1.29, 1.82) is 5.26 Å². The zero-order chi connectivity index (χ0) is 32.7. The molecule has 0 amide bonds. The number of aromatic amines is 1. The fourth-order valence-electron chi connectivity index (χ4n) is 5.67. The van der Waals surface area contributed by atoms with Gasteiger partial charge in [0, 0.05) is 37.2 Å². The molecule has 242 valence electrons. The van der Waals surface area contributed by atoms with Crippen LogP contribution in [-0.4, -0.2) is 62.5 Å². The summed E-state index contributed by atoms with van der Waals surface area (Å²) in [5.41, 5.74) is 0.407. The number of carbonyl (C=O) groups is 1. The molecular weight excluding hydrogens is 625 g/mol. The van der Waals surface area contributed by atoms with E-state index in [0.29, 0.717) is 40.7 Å². The lowest BCUT2D eigenvalue weighted by Crippen LogP contribution is -3.00. The summed E-state index contributed by atoms with van der Waals surface area (Å²) < 4.78 is 49.8. The van der Waals surface area contributed by atoms with Gasteiger partial charge in [-0.25, -0.2) is 24.2 Å². The second-order valence-electron chi connectivity index (χ2n) is 11.5. The number of alkyl halides is 3. The second kappa shape index (κ2) is 12.9. The number of H-pyrrole nitrogens is 1. The van der Waals surface area contributed by atoms with Crippen LogP contribution >= 0.6 is 0 Å². The molecule has 3 heterocycles. The van der Waals surface area contributed by atoms with Gasteiger partial charge in [0.2, 0.25) is 5.95 Å². The number of benzene rings is 2. The van der Waals surface area contributed by atoms with Gasteiger partial charge in [0.15, 0.2) is 5.82 Å². The number of halogens is 4. The Morgan fingerprint density at radius 1 is 1.20 bits per heavy atom. The molecule has 2 aromatic carbocycles. The molecule has 1 N–H and O–H groups in total. The van der Waals surface area contributed by atoms with Crippen molar-refractivity contribution in [3.05, 3.63) is 105 Å². The Morgan fingerprint density at radius 3 is 2.57 bits per heavy atom. The van der Waals surface area contributed by atoms with E-state index in [1.54, 1.807) is 31.3 Å². The predicted molar refractivity (Wildman–Crippen MR) is 158 cm³/mol. The molecule has 15 heteroatoms. The van der Waals surface area contributed by atoms with Crippen molar-refractivity contribution in [3.8, 4) is 6.07 Å². The summed E-state index contributed by atoms with van der Waals surface area (Å²) in [6.45, 7) is 2.81. The van der Waals surface area contributed by atoms with Gasteiger partial charge >= 0.3 is 17.8 Å². The molecule has 11 nitrogen and oxygen atoms in total. The van der Waals surface area contributed by atoms with E-state index in [1.165, 1.54) is 28.7 Å². The molecule has 1 aliphatic rings. The van der Waals surface area contributed by atoms with Crippen LogP contribution in [0, 0.1) is 11.3 Å². The fourth-order valence-corrected chi connectivity index (χ4v) is 5.67. The van der Waals surface area contributed by atoms with Gasteiger partial charge in [0.1, 0.15) is 12.6 Å². The van der Waals surface area contributed by atoms with Crippen molar-refractivity contribution in [1.82, 2.24) is 24.3 Å². The summed E-state index contributed by atoms with van der Waals surface area (Å²) in [5, 5.41) is 16.3. The molecule has 5 rings (SSSR count). The van der Waals surface area contributed by atoms with E-state index in [1.807, 2.05) is 17.8 Å². The number of hydrogen-bond acceptors (Lipinski definition) is 7. The third-order valence-corrected chi connectivity index (χ3v) is 8.02. The Bertz CT molecular complexity index is 1900. The van der Waals surface area contributed by atoms with E-state index in [4.69, 9.17) is 4.74 Å². The molecule has 0 bridgehead atoms. The first-order valence-electron chi connectivity index (χ1n) is 14.0. The fraction of sp³-hybridized carbons (Fsp3) is 0.323. The standard InChI is InChI=1S/C31H31F3N8O3.ClH/c1-19-26(28(43)45-5)27(41-29(37-38-30(41)44)40(19)23-8-6-7-22(16-23)31(32,33)34)24-10-9-20(17-35)15-21(24)11-14-42(3,4)18-25-36-12-13-39(25)2;/h6-10,12-13,15-16,27H,11,14,18H2,1-5H3;1H. The number of aromatic nitrogens is 5. The van der Waals surface area contributed by atoms with Crippen LogP contribution in [0.15, 0.2) is 70.9 Å². The van der Waals surface area contributed by atoms with Crippen molar-refractivity contribution in [2.24, 2.45) is 7.05 Å². The van der Waals surface area contributed by atoms with Crippen LogP contribution in [0.25, 0.3) is 0 Å². The number of carbonyl (C=O) groups excluding carboxylic acids is 1. The van der Waals surface area contributed by atoms with Crippen LogP contribution < -0.4 is 23.0 Å². The van der Waals surface area contributed by atoms with Gasteiger partial charge in [0.05, 0.1) is 50.5 Å². The van der Waals surface area contributed by atoms with E-state index in [0.717, 1.165) is 18.0 Å². The van der Waals surface area contributed by atoms with Crippen LogP contribution in [0.3, 0.4) is 0 Å². The molecule has 46 heavy (non-hydrogen) atoms. The number of allylic oxidation sites excluding steroid dienone is 1. The van der Waals surface area contributed by atoms with Gasteiger partial charge in [-0.15, -0.1) is 5.10 Å². The summed E-state index contributed by atoms with van der Waals surface area (Å²) >= 11 is 0. The largest absolute Gasteiger partial charge is 1.00 e. The van der Waals surface area contributed by atoms with E-state index < -0.39 is 29.4 Å². The molecule has 1 atom stereocenters. The number of quaternary nitrogens is 1. The predicted octanol–water partition coefficient (Wildman–Crippen LogP) is 1.21. The molecular formula is C31H32ClF3N8O3. The number of imidazole rings is 1. The maximum Gasteiger partial charge on any atom is 0.416 e. The van der Waals surface area contributed by atoms with Gasteiger partial charge in [-0.3, -0.25) is 4.90 Å². The van der Waals surface area contributed by atoms with Crippen LogP contribution in [0.2, 0.25) is 0 Å². The number of nitriles is 1. The lowest BCUT2D eigenvalue weighted by Gasteiger charge is -2.36. The van der Waals surface area contributed by atoms with Crippen LogP contribution in [0.5, 0.6) is 0 Å². The molecule has 0 spiro atoms. The van der Waals surface area contributed by atoms with Crippen molar-refractivity contribution in [2.45, 2.75) is 32.1 Å². The van der Waals surface area contributed by atoms with Crippen LogP contribution in [0.1, 0.15) is 41.0 Å². The lowest BCUT2D eigenvalue weighted by atomic mass is 9.89. The first-order chi connectivity index (χ1) is 21.3. The molecule has 0 radical (unpaired) electrons. The number of rotatable bonds is 8. The zero-order valence-electron chi connectivity index (χ0n) is 25.8. The number of anilines is 2. The molecule has 0 saturated heterocycles. The van der Waals surface area contributed by atoms with Gasteiger partial charge in [-0.2, -0.15) is 18.4 Å². The Labute approximate surface area is 269 Å². The van der Waals surface area contributed by atoms with E-state index in [-0.39, 0.29) is 35.3 Å². The molecule has 0 aliphatic carbocycles. The number of nitrogens with one attached hydrogen (secondary N) is 1. The highest BCUT2D eigenvalue weighted by Gasteiger charge is 2.41. The smallest absolute Gasteiger partial charge is 0.416 e. The highest BCUT2D eigenvalue weighted by Crippen LogP contribution is 2.43. The summed E-state index contributed by atoms with van der Waals surface area (Å²) in [6, 6.07) is 10.7. The van der Waals surface area contributed by atoms with Crippen molar-refractivity contribution >= 4 is 17.6 Å². The van der Waals surface area contributed by atoms with Gasteiger partial charge in [-0.05, 0) is 48.4 Å². The van der Waals surface area contributed by atoms with Gasteiger partial charge < -0.3 is 26.2 Å². The quantitative estimate of drug-likeness (QED) is 0.224. The average molecular weight is 657 g/mol. The molecule has 0 fully saturated rings. The number of aryl methyl sites for hydroxylation is 1. The third-order valence-electron chi connectivity index (χ3n) is 8.02. The van der Waals surface area contributed by atoms with E-state index in [2.05, 4.69) is 35.3 Å². The second-order valence-corrected chi connectivity index (χ2v) is 11.5. The van der Waals surface area contributed by atoms with Gasteiger partial charge in [-0.1, -0.05) is 12.1 Å². The monoisotopic (exact) mass is 656 g/mol. The minimum atomic E-state index is -4.62. The topological polar surface area (TPSA) is 122 Å². The number of ether oxygens (including phenoxy) is 1. The SMILES string of the molecule is COC(=O)C1=C(C)N(c2cccc(C(F)(F)F)c2)c2n[nH]c(=O)n2C1c1ccc(C#N)cc1CC[N+](C)(C)Cc1nccn1C.[Cl-]. The Balaban J connectivity index is 0.00000480. The number of hydrogen-bond donors (Lipinski definition) is 1. The normalized spacial score (nSPS) is 14.8. The Morgan fingerprint density at radius 2 is 1.93 bits per heavy atom. The third kappa shape index (κ3) is 6.42. The molecule has 2 aromatic heterocycles. The van der Waals surface area contributed by atoms with Crippen LogP contribution in [0.4, 0.5) is 24.8 Å². The van der Waals surface area contributed by atoms with Gasteiger partial charge in [0.25, 0.3) is 0 Å². The minimum absolute atomic E-state index is 0. The number of likely N-dealkylation sites (N-methyl/N-ethyl adjacent to an activating group) is 1. The Kier molecular flexibility index (Phi) is 9.51. The zero-order valence-corrected chi connectivity index (χ0v) is 26.5. The molecule has 1 unspecified atom stereocenters. The molecule has 4 aromatic rings. The maximum atomic E-state index is 13.7. The highest BCUT2D eigenvalue weighted by atomic mass is 35.5. The number of fused-ring (bicyclic) bond motifs is 1. The van der Waals surface area contributed by atoms with Crippen LogP contribution in [-0.2, 0) is 35.7 Å². The first kappa shape index (κ1) is 34.0. The van der Waals surface area contributed by atoms with Crippen molar-refractivity contribution in [3.63, 3.8) is 0 Å². The summed E-state index contributed by atoms with van der Waals surface area (Å²) in [5.74, 6) is 0.124. The first-order valence-corrected chi connectivity index (χ1v) is 14.0. The maximum absolute atomic E-state index is 13.7. The summed E-state index contributed by atoms with van der Waals surface area (Å²) in [4.78, 5) is 32.6. The van der Waals surface area contributed by atoms with E-state index in [9.17, 15) is 28.0 Å². The summed E-state index contributed by atoms with van der Waals surface area (Å²) in [6.07, 6.45) is -0.550. The number of methoxy groups -OCH3 is 1. The molecule has 0 saturated carbocycles. The number of nitrogens with zero attached hydrogens (tertiary/aromatic N) is 7. The van der Waals surface area contributed by atoms with Crippen molar-refractivity contribution < 1.29 is 39.6 Å². The van der Waals surface area contributed by atoms with E-state index >= 15 is 0 Å².